The standard InChI is InChI=1S/C21H42O10P2/c1-2-3-4-5-6-7-8-9-10-11-12-13-14-15-16-17-21(23)29-19-20(18-22)30-33(27,28)31-32(24,25)26/h9-10,20,22H,2-8,11-19H2,1H3,(H,27,28)(H2,24,25,26)/b10-9-. The van der Waals surface area contributed by atoms with E-state index in [0.717, 1.165) is 38.5 Å². The summed E-state index contributed by atoms with van der Waals surface area (Å²) in [6, 6.07) is 0. The molecule has 0 bridgehead atoms. The molecule has 0 radical (unpaired) electrons. The third-order valence-corrected chi connectivity index (χ3v) is 7.01. The first-order valence-electron chi connectivity index (χ1n) is 11.8. The Kier molecular flexibility index (Phi) is 19.4. The summed E-state index contributed by atoms with van der Waals surface area (Å²) in [5, 5.41) is 9.11. The fourth-order valence-corrected chi connectivity index (χ4v) is 4.79. The number of rotatable bonds is 22. The highest BCUT2D eigenvalue weighted by Gasteiger charge is 2.35. The number of hydrogen-bond acceptors (Lipinski definition) is 7. The Hall–Kier alpha value is -0.570. The quantitative estimate of drug-likeness (QED) is 0.0655. The van der Waals surface area contributed by atoms with Crippen molar-refractivity contribution in [3.8, 4) is 0 Å². The zero-order valence-electron chi connectivity index (χ0n) is 19.7. The molecule has 0 heterocycles. The smallest absolute Gasteiger partial charge is 0.463 e. The number of carbonyl (C=O) groups excluding carboxylic acids is 1. The van der Waals surface area contributed by atoms with Crippen LogP contribution in [-0.2, 0) is 27.5 Å². The van der Waals surface area contributed by atoms with Gasteiger partial charge < -0.3 is 24.5 Å². The van der Waals surface area contributed by atoms with E-state index in [1.54, 1.807) is 0 Å². The van der Waals surface area contributed by atoms with Crippen LogP contribution in [0.15, 0.2) is 12.2 Å². The Morgan fingerprint density at radius 2 is 1.36 bits per heavy atom. The fraction of sp³-hybridized carbons (Fsp3) is 0.857. The topological polar surface area (TPSA) is 160 Å². The molecule has 0 spiro atoms. The zero-order valence-corrected chi connectivity index (χ0v) is 21.5. The van der Waals surface area contributed by atoms with Crippen molar-refractivity contribution >= 4 is 21.6 Å². The van der Waals surface area contributed by atoms with Gasteiger partial charge in [-0.2, -0.15) is 4.31 Å². The van der Waals surface area contributed by atoms with E-state index in [2.05, 4.69) is 27.9 Å². The minimum atomic E-state index is -5.26. The summed E-state index contributed by atoms with van der Waals surface area (Å²) in [5.74, 6) is -0.557. The van der Waals surface area contributed by atoms with Crippen LogP contribution < -0.4 is 0 Å². The van der Waals surface area contributed by atoms with Gasteiger partial charge in [-0.3, -0.25) is 9.32 Å². The first kappa shape index (κ1) is 32.4. The van der Waals surface area contributed by atoms with E-state index in [0.29, 0.717) is 6.42 Å². The lowest BCUT2D eigenvalue weighted by molar-refractivity contribution is -0.147. The number of aliphatic hydroxyl groups excluding tert-OH is 1. The Morgan fingerprint density at radius 3 is 1.88 bits per heavy atom. The van der Waals surface area contributed by atoms with Gasteiger partial charge in [-0.25, -0.2) is 9.13 Å². The average molecular weight is 517 g/mol. The second-order valence-electron chi connectivity index (χ2n) is 7.97. The van der Waals surface area contributed by atoms with Crippen LogP contribution in [-0.4, -0.2) is 45.1 Å². The van der Waals surface area contributed by atoms with Gasteiger partial charge in [0.1, 0.15) is 12.7 Å². The van der Waals surface area contributed by atoms with Crippen LogP contribution in [0, 0.1) is 0 Å². The summed E-state index contributed by atoms with van der Waals surface area (Å²) < 4.78 is 35.0. The Morgan fingerprint density at radius 1 is 0.848 bits per heavy atom. The van der Waals surface area contributed by atoms with Crippen LogP contribution in [0.4, 0.5) is 0 Å². The first-order valence-corrected chi connectivity index (χ1v) is 14.8. The molecule has 0 aromatic rings. The molecule has 0 rings (SSSR count). The van der Waals surface area contributed by atoms with E-state index in [-0.39, 0.29) is 6.42 Å². The number of carbonyl (C=O) groups is 1. The molecule has 0 aromatic heterocycles. The molecular formula is C21H42O10P2. The van der Waals surface area contributed by atoms with Crippen LogP contribution in [0.1, 0.15) is 96.8 Å². The van der Waals surface area contributed by atoms with Crippen LogP contribution >= 0.6 is 15.6 Å². The zero-order chi connectivity index (χ0) is 25.0. The number of ether oxygens (including phenoxy) is 1. The molecule has 0 aromatic carbocycles. The van der Waals surface area contributed by atoms with Crippen molar-refractivity contribution in [2.75, 3.05) is 13.2 Å². The molecule has 10 nitrogen and oxygen atoms in total. The molecule has 2 atom stereocenters. The van der Waals surface area contributed by atoms with Gasteiger partial charge in [0.05, 0.1) is 6.61 Å². The highest BCUT2D eigenvalue weighted by molar-refractivity contribution is 7.60. The molecule has 0 fully saturated rings. The number of hydrogen-bond donors (Lipinski definition) is 4. The third-order valence-electron chi connectivity index (χ3n) is 4.77. The van der Waals surface area contributed by atoms with Crippen molar-refractivity contribution in [3.63, 3.8) is 0 Å². The molecule has 4 N–H and O–H groups in total. The number of phosphoric ester groups is 1. The number of phosphoric acid groups is 2. The van der Waals surface area contributed by atoms with Crippen molar-refractivity contribution in [2.45, 2.75) is 103 Å². The summed E-state index contributed by atoms with van der Waals surface area (Å²) in [5.41, 5.74) is 0. The molecule has 12 heteroatoms. The largest absolute Gasteiger partial charge is 0.481 e. The number of aliphatic hydroxyl groups is 1. The molecule has 0 aliphatic heterocycles. The number of allylic oxidation sites excluding steroid dienone is 2. The van der Waals surface area contributed by atoms with Gasteiger partial charge in [-0.1, -0.05) is 70.4 Å². The van der Waals surface area contributed by atoms with Crippen molar-refractivity contribution in [1.29, 1.82) is 0 Å². The summed E-state index contributed by atoms with van der Waals surface area (Å²) in [4.78, 5) is 38.1. The van der Waals surface area contributed by atoms with E-state index in [1.165, 1.54) is 38.5 Å². The highest BCUT2D eigenvalue weighted by atomic mass is 31.3. The lowest BCUT2D eigenvalue weighted by atomic mass is 10.1. The van der Waals surface area contributed by atoms with Gasteiger partial charge in [-0.05, 0) is 32.1 Å². The van der Waals surface area contributed by atoms with Gasteiger partial charge in [0, 0.05) is 6.42 Å². The van der Waals surface area contributed by atoms with Crippen molar-refractivity contribution < 1.29 is 47.3 Å². The van der Waals surface area contributed by atoms with Crippen LogP contribution in [0.3, 0.4) is 0 Å². The van der Waals surface area contributed by atoms with E-state index in [9.17, 15) is 18.8 Å². The van der Waals surface area contributed by atoms with Gasteiger partial charge in [-0.15, -0.1) is 0 Å². The van der Waals surface area contributed by atoms with E-state index < -0.39 is 40.9 Å². The molecular weight excluding hydrogens is 474 g/mol. The van der Waals surface area contributed by atoms with Crippen LogP contribution in [0.2, 0.25) is 0 Å². The summed E-state index contributed by atoms with van der Waals surface area (Å²) in [6.07, 6.45) is 18.1. The van der Waals surface area contributed by atoms with Crippen molar-refractivity contribution in [1.82, 2.24) is 0 Å². The maximum absolute atomic E-state index is 11.7. The minimum Gasteiger partial charge on any atom is -0.463 e. The molecule has 2 unspecified atom stereocenters. The molecule has 0 saturated carbocycles. The average Bonchev–Trinajstić information content (AvgIpc) is 2.72. The van der Waals surface area contributed by atoms with Crippen LogP contribution in [0.25, 0.3) is 0 Å². The van der Waals surface area contributed by atoms with Gasteiger partial charge >= 0.3 is 21.6 Å². The Labute approximate surface area is 197 Å². The SMILES string of the molecule is CCCCCCCC/C=C\CCCCCCCC(=O)OCC(CO)OP(=O)(O)OP(=O)(O)O. The molecule has 0 aliphatic carbocycles. The second kappa shape index (κ2) is 19.7. The Bertz CT molecular complexity index is 620. The number of esters is 1. The molecule has 196 valence electrons. The maximum Gasteiger partial charge on any atom is 0.481 e. The van der Waals surface area contributed by atoms with Gasteiger partial charge in [0.25, 0.3) is 0 Å². The normalized spacial score (nSPS) is 14.9. The first-order chi connectivity index (χ1) is 15.6. The summed E-state index contributed by atoms with van der Waals surface area (Å²) in [7, 11) is -10.4. The molecule has 0 aliphatic rings. The summed E-state index contributed by atoms with van der Waals surface area (Å²) in [6.45, 7) is 0.870. The number of unbranched alkanes of at least 4 members (excludes halogenated alkanes) is 11. The third kappa shape index (κ3) is 23.0. The highest BCUT2D eigenvalue weighted by Crippen LogP contribution is 2.58. The van der Waals surface area contributed by atoms with Crippen molar-refractivity contribution in [2.24, 2.45) is 0 Å². The lowest BCUT2D eigenvalue weighted by Crippen LogP contribution is -2.25. The summed E-state index contributed by atoms with van der Waals surface area (Å²) >= 11 is 0. The van der Waals surface area contributed by atoms with Crippen LogP contribution in [0.5, 0.6) is 0 Å². The predicted molar refractivity (Wildman–Crippen MR) is 125 cm³/mol. The van der Waals surface area contributed by atoms with E-state index in [1.807, 2.05) is 0 Å². The fourth-order valence-electron chi connectivity index (χ4n) is 3.06. The minimum absolute atomic E-state index is 0.159. The lowest BCUT2D eigenvalue weighted by Gasteiger charge is -2.19. The maximum atomic E-state index is 11.7. The van der Waals surface area contributed by atoms with Crippen molar-refractivity contribution in [3.05, 3.63) is 12.2 Å². The molecule has 33 heavy (non-hydrogen) atoms. The molecule has 0 amide bonds. The monoisotopic (exact) mass is 516 g/mol. The second-order valence-corrected chi connectivity index (χ2v) is 10.8. The Balaban J connectivity index is 3.71. The van der Waals surface area contributed by atoms with E-state index in [4.69, 9.17) is 19.6 Å². The molecule has 0 saturated heterocycles. The van der Waals surface area contributed by atoms with Gasteiger partial charge in [0.2, 0.25) is 0 Å². The van der Waals surface area contributed by atoms with E-state index >= 15 is 0 Å². The van der Waals surface area contributed by atoms with Gasteiger partial charge in [0.15, 0.2) is 0 Å². The predicted octanol–water partition coefficient (Wildman–Crippen LogP) is 5.15.